The third-order valence-electron chi connectivity index (χ3n) is 9.72. The Balaban J connectivity index is 2.35. The molecule has 13 heteroatoms. The summed E-state index contributed by atoms with van der Waals surface area (Å²) in [6, 6.07) is 0. The van der Waals surface area contributed by atoms with E-state index in [-0.39, 0.29) is 19.6 Å². The van der Waals surface area contributed by atoms with E-state index in [1.165, 1.54) is 64.2 Å². The molecule has 4 N–H and O–H groups in total. The Bertz CT molecular complexity index is 1190. The summed E-state index contributed by atoms with van der Waals surface area (Å²) < 4.78 is 58.8. The van der Waals surface area contributed by atoms with Crippen LogP contribution in [0.3, 0.4) is 0 Å². The second kappa shape index (κ2) is 36.0. The first-order valence-electron chi connectivity index (χ1n) is 21.9. The van der Waals surface area contributed by atoms with Gasteiger partial charge in [-0.3, -0.25) is 9.35 Å². The van der Waals surface area contributed by atoms with Gasteiger partial charge in [0.05, 0.1) is 19.8 Å². The van der Waals surface area contributed by atoms with E-state index in [0.29, 0.717) is 13.0 Å². The van der Waals surface area contributed by atoms with Crippen LogP contribution in [0.1, 0.15) is 162 Å². The fraction of sp³-hybridized carbons (Fsp3) is 0.795. The molecule has 57 heavy (non-hydrogen) atoms. The van der Waals surface area contributed by atoms with Gasteiger partial charge in [0.25, 0.3) is 0 Å². The summed E-state index contributed by atoms with van der Waals surface area (Å²) in [5, 5.41) is 30.6. The van der Waals surface area contributed by atoms with Gasteiger partial charge in [-0.25, -0.2) is 4.18 Å². The standard InChI is InChI=1S/C44H78O12S/c1-3-5-7-9-11-13-14-15-16-17-18-19-20-21-22-23-24-25-26-28-30-32-34-52-36-38(54-40(46)33-31-29-27-12-10-8-6-4-2)37-53-44-42(48)43(56-57(49,50)51)41(47)39(35-45)55-44/h5,7,11,13,15-16,18-19,38-39,41-45,47-48H,3-4,6,8-10,12,14,17,20-37H2,1-2H3,(H,49,50,51)/b7-5-,13-11-,16-15-,19-18-. The zero-order valence-electron chi connectivity index (χ0n) is 35.1. The van der Waals surface area contributed by atoms with Gasteiger partial charge in [0.15, 0.2) is 6.29 Å². The summed E-state index contributed by atoms with van der Waals surface area (Å²) in [6.07, 6.45) is 33.1. The fourth-order valence-corrected chi connectivity index (χ4v) is 6.94. The molecule has 1 heterocycles. The molecule has 0 aromatic rings. The lowest BCUT2D eigenvalue weighted by Gasteiger charge is -2.41. The van der Waals surface area contributed by atoms with E-state index in [0.717, 1.165) is 70.6 Å². The topological polar surface area (TPSA) is 178 Å². The molecule has 0 bridgehead atoms. The summed E-state index contributed by atoms with van der Waals surface area (Å²) in [7, 11) is -5.06. The molecule has 12 nitrogen and oxygen atoms in total. The molecule has 332 valence electrons. The molecular weight excluding hydrogens is 753 g/mol. The Morgan fingerprint density at radius 2 is 1.21 bits per heavy atom. The van der Waals surface area contributed by atoms with Crippen molar-refractivity contribution in [1.82, 2.24) is 0 Å². The number of esters is 1. The van der Waals surface area contributed by atoms with E-state index in [2.05, 4.69) is 66.6 Å². The van der Waals surface area contributed by atoms with Crippen molar-refractivity contribution >= 4 is 16.4 Å². The van der Waals surface area contributed by atoms with Crippen molar-refractivity contribution < 1.29 is 56.2 Å². The summed E-state index contributed by atoms with van der Waals surface area (Å²) in [6.45, 7) is 3.81. The first-order valence-corrected chi connectivity index (χ1v) is 23.3. The van der Waals surface area contributed by atoms with Gasteiger partial charge < -0.3 is 34.3 Å². The minimum absolute atomic E-state index is 0.0316. The number of carbonyl (C=O) groups is 1. The minimum Gasteiger partial charge on any atom is -0.457 e. The molecular formula is C44H78O12S. The van der Waals surface area contributed by atoms with Crippen LogP contribution in [0.15, 0.2) is 48.6 Å². The molecule has 0 saturated carbocycles. The molecule has 0 spiro atoms. The maximum absolute atomic E-state index is 12.7. The highest BCUT2D eigenvalue weighted by Crippen LogP contribution is 2.26. The van der Waals surface area contributed by atoms with Crippen LogP contribution in [0.4, 0.5) is 0 Å². The van der Waals surface area contributed by atoms with Crippen molar-refractivity contribution in [3.63, 3.8) is 0 Å². The average molecular weight is 831 g/mol. The lowest BCUT2D eigenvalue weighted by atomic mass is 9.99. The van der Waals surface area contributed by atoms with Crippen molar-refractivity contribution in [3.05, 3.63) is 48.6 Å². The lowest BCUT2D eigenvalue weighted by molar-refractivity contribution is -0.301. The molecule has 1 saturated heterocycles. The van der Waals surface area contributed by atoms with Gasteiger partial charge in [-0.15, -0.1) is 0 Å². The molecule has 0 aromatic carbocycles. The molecule has 6 unspecified atom stereocenters. The van der Waals surface area contributed by atoms with Crippen molar-refractivity contribution in [2.45, 2.75) is 198 Å². The molecule has 0 amide bonds. The van der Waals surface area contributed by atoms with Gasteiger partial charge in [0, 0.05) is 13.0 Å². The number of rotatable bonds is 37. The van der Waals surface area contributed by atoms with E-state index < -0.39 is 59.8 Å². The van der Waals surface area contributed by atoms with Crippen LogP contribution in [0.2, 0.25) is 0 Å². The molecule has 1 rings (SSSR count). The molecule has 6 atom stereocenters. The Morgan fingerprint density at radius 3 is 1.77 bits per heavy atom. The van der Waals surface area contributed by atoms with E-state index >= 15 is 0 Å². The first-order chi connectivity index (χ1) is 27.6. The Kier molecular flexibility index (Phi) is 33.5. The van der Waals surface area contributed by atoms with E-state index in [9.17, 15) is 28.5 Å². The van der Waals surface area contributed by atoms with Crippen LogP contribution in [-0.4, -0.2) is 97.5 Å². The number of allylic oxidation sites excluding steroid dienone is 8. The first kappa shape index (κ1) is 53.1. The van der Waals surface area contributed by atoms with Gasteiger partial charge in [-0.1, -0.05) is 152 Å². The Labute approximate surface area is 345 Å². The lowest BCUT2D eigenvalue weighted by Crippen LogP contribution is -2.60. The third kappa shape index (κ3) is 29.8. The van der Waals surface area contributed by atoms with E-state index in [1.807, 2.05) is 0 Å². The number of hydrogen-bond donors (Lipinski definition) is 4. The number of hydrogen-bond acceptors (Lipinski definition) is 11. The molecule has 0 aliphatic carbocycles. The summed E-state index contributed by atoms with van der Waals surface area (Å²) >= 11 is 0. The highest BCUT2D eigenvalue weighted by molar-refractivity contribution is 7.80. The second-order valence-electron chi connectivity index (χ2n) is 14.9. The van der Waals surface area contributed by atoms with Crippen LogP contribution < -0.4 is 0 Å². The summed E-state index contributed by atoms with van der Waals surface area (Å²) in [4.78, 5) is 12.7. The molecule has 1 aliphatic heterocycles. The maximum Gasteiger partial charge on any atom is 0.397 e. The summed E-state index contributed by atoms with van der Waals surface area (Å²) in [5.74, 6) is -0.408. The quantitative estimate of drug-likeness (QED) is 0.0203. The smallest absolute Gasteiger partial charge is 0.397 e. The number of ether oxygens (including phenoxy) is 4. The van der Waals surface area contributed by atoms with E-state index in [1.54, 1.807) is 0 Å². The van der Waals surface area contributed by atoms with Gasteiger partial charge in [-0.05, 0) is 51.4 Å². The average Bonchev–Trinajstić information content (AvgIpc) is 3.18. The highest BCUT2D eigenvalue weighted by atomic mass is 32.3. The summed E-state index contributed by atoms with van der Waals surface area (Å²) in [5.41, 5.74) is 0. The van der Waals surface area contributed by atoms with Crippen molar-refractivity contribution in [1.29, 1.82) is 0 Å². The normalized spacial score (nSPS) is 21.1. The monoisotopic (exact) mass is 831 g/mol. The molecule has 0 aromatic heterocycles. The zero-order chi connectivity index (χ0) is 41.8. The Hall–Kier alpha value is -1.94. The van der Waals surface area contributed by atoms with Crippen LogP contribution in [0, 0.1) is 0 Å². The van der Waals surface area contributed by atoms with Crippen LogP contribution in [0.25, 0.3) is 0 Å². The van der Waals surface area contributed by atoms with Gasteiger partial charge in [-0.2, -0.15) is 8.42 Å². The SMILES string of the molecule is CC/C=C\C/C=C\C/C=C\C/C=C\CCCCCCCCCCCOCC(COC1OC(CO)C(O)C(OS(=O)(=O)O)C1O)OC(=O)CCCCCCCCCC. The highest BCUT2D eigenvalue weighted by Gasteiger charge is 2.48. The van der Waals surface area contributed by atoms with Gasteiger partial charge in [0.1, 0.15) is 30.5 Å². The predicted octanol–water partition coefficient (Wildman–Crippen LogP) is 8.80. The van der Waals surface area contributed by atoms with Crippen LogP contribution in [0.5, 0.6) is 0 Å². The fourth-order valence-electron chi connectivity index (χ4n) is 6.43. The number of unbranched alkanes of at least 4 members (excludes halogenated alkanes) is 16. The van der Waals surface area contributed by atoms with Crippen molar-refractivity contribution in [2.24, 2.45) is 0 Å². The third-order valence-corrected chi connectivity index (χ3v) is 10.2. The molecule has 1 fully saturated rings. The van der Waals surface area contributed by atoms with Gasteiger partial charge >= 0.3 is 16.4 Å². The predicted molar refractivity (Wildman–Crippen MR) is 225 cm³/mol. The maximum atomic E-state index is 12.7. The number of carbonyl (C=O) groups excluding carboxylic acids is 1. The van der Waals surface area contributed by atoms with Crippen LogP contribution in [-0.2, 0) is 38.3 Å². The van der Waals surface area contributed by atoms with E-state index in [4.69, 9.17) is 23.5 Å². The van der Waals surface area contributed by atoms with Crippen molar-refractivity contribution in [2.75, 3.05) is 26.4 Å². The number of aliphatic hydroxyl groups is 3. The zero-order valence-corrected chi connectivity index (χ0v) is 36.0. The van der Waals surface area contributed by atoms with Crippen molar-refractivity contribution in [3.8, 4) is 0 Å². The second-order valence-corrected chi connectivity index (χ2v) is 16.0. The molecule has 0 radical (unpaired) electrons. The number of aliphatic hydroxyl groups excluding tert-OH is 3. The van der Waals surface area contributed by atoms with Gasteiger partial charge in [0.2, 0.25) is 0 Å². The minimum atomic E-state index is -5.06. The Morgan fingerprint density at radius 1 is 0.684 bits per heavy atom. The largest absolute Gasteiger partial charge is 0.457 e. The molecule has 1 aliphatic rings. The van der Waals surface area contributed by atoms with Crippen LogP contribution >= 0.6 is 0 Å².